The number of halogens is 4. The van der Waals surface area contributed by atoms with Crippen molar-refractivity contribution in [3.05, 3.63) is 69.2 Å². The van der Waals surface area contributed by atoms with Crippen molar-refractivity contribution < 1.29 is 8.78 Å². The molecule has 2 aromatic carbocycles. The molecule has 1 atom stereocenters. The summed E-state index contributed by atoms with van der Waals surface area (Å²) in [6, 6.07) is 9.87. The molecule has 0 saturated carbocycles. The Morgan fingerprint density at radius 1 is 1.00 bits per heavy atom. The molecule has 2 aromatic rings. The molecule has 0 aliphatic rings. The highest BCUT2D eigenvalue weighted by molar-refractivity contribution is 9.10. The van der Waals surface area contributed by atoms with E-state index in [1.165, 1.54) is 0 Å². The lowest BCUT2D eigenvalue weighted by atomic mass is 9.82. The second kappa shape index (κ2) is 6.05. The van der Waals surface area contributed by atoms with Crippen molar-refractivity contribution in [2.24, 2.45) is 0 Å². The summed E-state index contributed by atoms with van der Waals surface area (Å²) in [4.78, 5) is 0. The number of benzene rings is 2. The molecule has 0 amide bonds. The summed E-state index contributed by atoms with van der Waals surface area (Å²) in [6.07, 6.45) is 0. The molecule has 0 radical (unpaired) electrons. The minimum atomic E-state index is -0.733. The lowest BCUT2D eigenvalue weighted by Gasteiger charge is -2.25. The van der Waals surface area contributed by atoms with E-state index in [9.17, 15) is 8.78 Å². The van der Waals surface area contributed by atoms with Crippen LogP contribution in [0.5, 0.6) is 0 Å². The third kappa shape index (κ3) is 3.46. The Morgan fingerprint density at radius 2 is 1.62 bits per heavy atom. The average Bonchev–Trinajstić information content (AvgIpc) is 2.41. The largest absolute Gasteiger partial charge is 0.207 e. The van der Waals surface area contributed by atoms with Crippen molar-refractivity contribution in [2.45, 2.75) is 31.6 Å². The molecule has 21 heavy (non-hydrogen) atoms. The summed E-state index contributed by atoms with van der Waals surface area (Å²) in [6.45, 7) is 6.19. The van der Waals surface area contributed by atoms with Gasteiger partial charge in [-0.3, -0.25) is 0 Å². The van der Waals surface area contributed by atoms with Gasteiger partial charge in [0.15, 0.2) is 0 Å². The summed E-state index contributed by atoms with van der Waals surface area (Å²) in [5, 5.41) is -0.733. The SMILES string of the molecule is CC(C)(C)c1ccccc1C(Cl)c1cc(F)c(Br)cc1F. The standard InChI is InChI=1S/C17H16BrClF2/c1-17(2,3)12-7-5-4-6-10(12)16(19)11-8-15(21)13(18)9-14(11)20/h4-9,16H,1-3H3. The van der Waals surface area contributed by atoms with E-state index in [-0.39, 0.29) is 15.5 Å². The molecular formula is C17H16BrClF2. The highest BCUT2D eigenvalue weighted by Gasteiger charge is 2.24. The molecule has 0 spiro atoms. The van der Waals surface area contributed by atoms with Crippen molar-refractivity contribution in [1.82, 2.24) is 0 Å². The van der Waals surface area contributed by atoms with Gasteiger partial charge in [-0.15, -0.1) is 11.6 Å². The van der Waals surface area contributed by atoms with Gasteiger partial charge >= 0.3 is 0 Å². The Bertz CT molecular complexity index is 662. The second-order valence-corrected chi connectivity index (χ2v) is 7.28. The van der Waals surface area contributed by atoms with Gasteiger partial charge in [0.25, 0.3) is 0 Å². The van der Waals surface area contributed by atoms with E-state index in [0.29, 0.717) is 0 Å². The van der Waals surface area contributed by atoms with Gasteiger partial charge in [-0.1, -0.05) is 45.0 Å². The zero-order chi connectivity index (χ0) is 15.8. The van der Waals surface area contributed by atoms with Gasteiger partial charge in [0, 0.05) is 5.56 Å². The Kier molecular flexibility index (Phi) is 4.74. The van der Waals surface area contributed by atoms with Crippen LogP contribution in [-0.4, -0.2) is 0 Å². The van der Waals surface area contributed by atoms with E-state index in [4.69, 9.17) is 11.6 Å². The van der Waals surface area contributed by atoms with Crippen molar-refractivity contribution in [3.8, 4) is 0 Å². The molecule has 0 aliphatic carbocycles. The third-order valence-corrected chi connectivity index (χ3v) is 4.43. The molecular weight excluding hydrogens is 358 g/mol. The molecule has 0 saturated heterocycles. The fourth-order valence-corrected chi connectivity index (χ4v) is 2.97. The molecule has 0 fully saturated rings. The van der Waals surface area contributed by atoms with Gasteiger partial charge in [-0.05, 0) is 44.6 Å². The van der Waals surface area contributed by atoms with Gasteiger partial charge in [0.1, 0.15) is 11.6 Å². The zero-order valence-electron chi connectivity index (χ0n) is 12.1. The van der Waals surface area contributed by atoms with Crippen LogP contribution in [0.25, 0.3) is 0 Å². The predicted octanol–water partition coefficient (Wildman–Crippen LogP) is 6.35. The van der Waals surface area contributed by atoms with Crippen molar-refractivity contribution in [2.75, 3.05) is 0 Å². The van der Waals surface area contributed by atoms with Crippen LogP contribution in [0, 0.1) is 11.6 Å². The van der Waals surface area contributed by atoms with Gasteiger partial charge in [-0.25, -0.2) is 8.78 Å². The Balaban J connectivity index is 2.56. The lowest BCUT2D eigenvalue weighted by molar-refractivity contribution is 0.572. The van der Waals surface area contributed by atoms with E-state index >= 15 is 0 Å². The van der Waals surface area contributed by atoms with Gasteiger partial charge in [0.05, 0.1) is 9.85 Å². The average molecular weight is 374 g/mol. The van der Waals surface area contributed by atoms with Crippen molar-refractivity contribution >= 4 is 27.5 Å². The molecule has 0 aliphatic heterocycles. The first-order valence-corrected chi connectivity index (χ1v) is 7.82. The second-order valence-electron chi connectivity index (χ2n) is 5.99. The van der Waals surface area contributed by atoms with Crippen LogP contribution < -0.4 is 0 Å². The van der Waals surface area contributed by atoms with Crippen LogP contribution in [0.3, 0.4) is 0 Å². The molecule has 1 unspecified atom stereocenters. The van der Waals surface area contributed by atoms with Crippen molar-refractivity contribution in [1.29, 1.82) is 0 Å². The zero-order valence-corrected chi connectivity index (χ0v) is 14.4. The molecule has 0 aromatic heterocycles. The fraction of sp³-hybridized carbons (Fsp3) is 0.294. The first-order chi connectivity index (χ1) is 9.71. The van der Waals surface area contributed by atoms with Crippen LogP contribution in [-0.2, 0) is 5.41 Å². The lowest BCUT2D eigenvalue weighted by Crippen LogP contribution is -2.15. The number of alkyl halides is 1. The molecule has 0 nitrogen and oxygen atoms in total. The minimum absolute atomic E-state index is 0.0942. The van der Waals surface area contributed by atoms with E-state index in [0.717, 1.165) is 23.3 Å². The molecule has 0 bridgehead atoms. The number of rotatable bonds is 2. The Morgan fingerprint density at radius 3 is 2.24 bits per heavy atom. The molecule has 0 N–H and O–H groups in total. The quantitative estimate of drug-likeness (QED) is 0.425. The maximum Gasteiger partial charge on any atom is 0.137 e. The van der Waals surface area contributed by atoms with E-state index < -0.39 is 17.0 Å². The summed E-state index contributed by atoms with van der Waals surface area (Å²) < 4.78 is 27.9. The highest BCUT2D eigenvalue weighted by Crippen LogP contribution is 2.38. The Labute approximate surface area is 137 Å². The van der Waals surface area contributed by atoms with E-state index in [1.54, 1.807) is 0 Å². The van der Waals surface area contributed by atoms with Crippen LogP contribution in [0.4, 0.5) is 8.78 Å². The Hall–Kier alpha value is -0.930. The van der Waals surface area contributed by atoms with Gasteiger partial charge in [-0.2, -0.15) is 0 Å². The first kappa shape index (κ1) is 16.4. The monoisotopic (exact) mass is 372 g/mol. The maximum atomic E-state index is 14.1. The van der Waals surface area contributed by atoms with Crippen molar-refractivity contribution in [3.63, 3.8) is 0 Å². The smallest absolute Gasteiger partial charge is 0.137 e. The topological polar surface area (TPSA) is 0 Å². The summed E-state index contributed by atoms with van der Waals surface area (Å²) in [5.74, 6) is -1.04. The summed E-state index contributed by atoms with van der Waals surface area (Å²) >= 11 is 9.42. The highest BCUT2D eigenvalue weighted by atomic mass is 79.9. The van der Waals surface area contributed by atoms with Crippen LogP contribution in [0.1, 0.15) is 42.8 Å². The minimum Gasteiger partial charge on any atom is -0.207 e. The number of hydrogen-bond acceptors (Lipinski definition) is 0. The molecule has 0 heterocycles. The molecule has 4 heteroatoms. The van der Waals surface area contributed by atoms with E-state index in [1.807, 2.05) is 24.3 Å². The van der Waals surface area contributed by atoms with E-state index in [2.05, 4.69) is 36.7 Å². The van der Waals surface area contributed by atoms with Gasteiger partial charge < -0.3 is 0 Å². The van der Waals surface area contributed by atoms with Crippen LogP contribution >= 0.6 is 27.5 Å². The summed E-state index contributed by atoms with van der Waals surface area (Å²) in [5.41, 5.74) is 1.84. The van der Waals surface area contributed by atoms with Crippen LogP contribution in [0.15, 0.2) is 40.9 Å². The molecule has 2 rings (SSSR count). The first-order valence-electron chi connectivity index (χ1n) is 6.59. The normalized spacial score (nSPS) is 13.3. The summed E-state index contributed by atoms with van der Waals surface area (Å²) in [7, 11) is 0. The predicted molar refractivity (Wildman–Crippen MR) is 86.9 cm³/mol. The third-order valence-electron chi connectivity index (χ3n) is 3.35. The fourth-order valence-electron chi connectivity index (χ4n) is 2.30. The van der Waals surface area contributed by atoms with Crippen LogP contribution in [0.2, 0.25) is 0 Å². The maximum absolute atomic E-state index is 14.1. The van der Waals surface area contributed by atoms with Gasteiger partial charge in [0.2, 0.25) is 0 Å². The number of hydrogen-bond donors (Lipinski definition) is 0. The molecule has 112 valence electrons.